The fourth-order valence-corrected chi connectivity index (χ4v) is 1.70. The van der Waals surface area contributed by atoms with E-state index in [0.29, 0.717) is 17.0 Å². The van der Waals surface area contributed by atoms with Crippen LogP contribution in [-0.2, 0) is 0 Å². The molecule has 9 heteroatoms. The van der Waals surface area contributed by atoms with E-state index in [1.165, 1.54) is 0 Å². The van der Waals surface area contributed by atoms with Crippen LogP contribution in [0.2, 0.25) is 0 Å². The number of nitro groups is 1. The summed E-state index contributed by atoms with van der Waals surface area (Å²) in [5.41, 5.74) is -1.31. The Bertz CT molecular complexity index is 546. The van der Waals surface area contributed by atoms with Crippen LogP contribution in [0.3, 0.4) is 0 Å². The number of nitrogens with zero attached hydrogens (tertiary/aromatic N) is 2. The maximum atomic E-state index is 13.6. The van der Waals surface area contributed by atoms with Gasteiger partial charge in [-0.1, -0.05) is 6.92 Å². The van der Waals surface area contributed by atoms with Crippen molar-refractivity contribution >= 4 is 11.6 Å². The van der Waals surface area contributed by atoms with E-state index in [9.17, 15) is 32.5 Å². The molecule has 21 heavy (non-hydrogen) atoms. The molecule has 1 amide bonds. The average Bonchev–Trinajstić information content (AvgIpc) is 2.36. The van der Waals surface area contributed by atoms with E-state index in [2.05, 4.69) is 0 Å². The number of carbonyl (C=O) groups excluding carboxylic acids is 1. The number of rotatable bonds is 5. The Labute approximate surface area is 117 Å². The number of hydrogen-bond acceptors (Lipinski definition) is 3. The molecule has 0 atom stereocenters. The molecule has 0 saturated heterocycles. The number of halogens is 4. The van der Waals surface area contributed by atoms with E-state index >= 15 is 0 Å². The van der Waals surface area contributed by atoms with Gasteiger partial charge < -0.3 is 4.90 Å². The van der Waals surface area contributed by atoms with Crippen LogP contribution in [0.1, 0.15) is 23.7 Å². The molecule has 1 rings (SSSR count). The standard InChI is InChI=1S/C12H12F4N2O3/c1-2-5-17(7-12(14,15)16)11(19)9-6-8(18(20)21)3-4-10(9)13/h3-4,6H,2,5,7H2,1H3. The van der Waals surface area contributed by atoms with Crippen molar-refractivity contribution in [1.82, 2.24) is 4.90 Å². The maximum Gasteiger partial charge on any atom is 0.406 e. The van der Waals surface area contributed by atoms with Crippen LogP contribution in [0.4, 0.5) is 23.2 Å². The molecule has 0 aliphatic heterocycles. The van der Waals surface area contributed by atoms with Gasteiger partial charge in [-0.3, -0.25) is 14.9 Å². The van der Waals surface area contributed by atoms with E-state index in [0.717, 1.165) is 6.07 Å². The minimum Gasteiger partial charge on any atom is -0.329 e. The monoisotopic (exact) mass is 308 g/mol. The van der Waals surface area contributed by atoms with Gasteiger partial charge >= 0.3 is 6.18 Å². The van der Waals surface area contributed by atoms with Gasteiger partial charge in [0, 0.05) is 18.7 Å². The number of benzene rings is 1. The van der Waals surface area contributed by atoms with Crippen LogP contribution in [0.5, 0.6) is 0 Å². The van der Waals surface area contributed by atoms with Gasteiger partial charge in [0.2, 0.25) is 0 Å². The molecule has 0 unspecified atom stereocenters. The minimum atomic E-state index is -4.64. The van der Waals surface area contributed by atoms with Gasteiger partial charge in [0.05, 0.1) is 10.5 Å². The molecule has 1 aromatic carbocycles. The van der Waals surface area contributed by atoms with E-state index in [-0.39, 0.29) is 13.0 Å². The summed E-state index contributed by atoms with van der Waals surface area (Å²) in [4.78, 5) is 22.1. The molecule has 0 fully saturated rings. The number of nitro benzene ring substituents is 1. The molecule has 0 N–H and O–H groups in total. The second kappa shape index (κ2) is 6.51. The molecule has 0 aliphatic carbocycles. The summed E-state index contributed by atoms with van der Waals surface area (Å²) < 4.78 is 50.8. The Morgan fingerprint density at radius 1 is 1.38 bits per heavy atom. The number of non-ortho nitro benzene ring substituents is 1. The molecule has 0 saturated carbocycles. The van der Waals surface area contributed by atoms with Crippen molar-refractivity contribution in [1.29, 1.82) is 0 Å². The Morgan fingerprint density at radius 2 is 2.00 bits per heavy atom. The Balaban J connectivity index is 3.13. The predicted octanol–water partition coefficient (Wildman–Crippen LogP) is 3.15. The summed E-state index contributed by atoms with van der Waals surface area (Å²) in [5, 5.41) is 10.6. The first-order chi connectivity index (χ1) is 9.65. The largest absolute Gasteiger partial charge is 0.406 e. The average molecular weight is 308 g/mol. The first-order valence-electron chi connectivity index (χ1n) is 5.95. The van der Waals surface area contributed by atoms with Crippen molar-refractivity contribution in [2.24, 2.45) is 0 Å². The summed E-state index contributed by atoms with van der Waals surface area (Å²) in [6.45, 7) is -0.220. The van der Waals surface area contributed by atoms with Crippen molar-refractivity contribution < 1.29 is 27.3 Å². The second-order valence-electron chi connectivity index (χ2n) is 4.26. The Kier molecular flexibility index (Phi) is 5.23. The third-order valence-corrected chi connectivity index (χ3v) is 2.54. The van der Waals surface area contributed by atoms with Crippen molar-refractivity contribution in [3.63, 3.8) is 0 Å². The van der Waals surface area contributed by atoms with Crippen LogP contribution < -0.4 is 0 Å². The SMILES string of the molecule is CCCN(CC(F)(F)F)C(=O)c1cc([N+](=O)[O-])ccc1F. The van der Waals surface area contributed by atoms with Crippen LogP contribution in [-0.4, -0.2) is 35.0 Å². The van der Waals surface area contributed by atoms with Crippen molar-refractivity contribution in [2.45, 2.75) is 19.5 Å². The molecule has 116 valence electrons. The highest BCUT2D eigenvalue weighted by Gasteiger charge is 2.34. The molecular formula is C12H12F4N2O3. The third-order valence-electron chi connectivity index (χ3n) is 2.54. The Hall–Kier alpha value is -2.19. The van der Waals surface area contributed by atoms with Crippen LogP contribution in [0.25, 0.3) is 0 Å². The van der Waals surface area contributed by atoms with Gasteiger partial charge in [-0.25, -0.2) is 4.39 Å². The molecule has 0 spiro atoms. The molecule has 0 radical (unpaired) electrons. The van der Waals surface area contributed by atoms with Gasteiger partial charge in [-0.05, 0) is 12.5 Å². The highest BCUT2D eigenvalue weighted by atomic mass is 19.4. The van der Waals surface area contributed by atoms with Crippen molar-refractivity contribution in [3.8, 4) is 0 Å². The molecule has 0 aliphatic rings. The number of carbonyl (C=O) groups is 1. The zero-order valence-electron chi connectivity index (χ0n) is 11.0. The molecule has 0 aromatic heterocycles. The van der Waals surface area contributed by atoms with Gasteiger partial charge in [0.15, 0.2) is 0 Å². The highest BCUT2D eigenvalue weighted by molar-refractivity contribution is 5.95. The van der Waals surface area contributed by atoms with Gasteiger partial charge in [-0.2, -0.15) is 13.2 Å². The normalized spacial score (nSPS) is 11.3. The minimum absolute atomic E-state index is 0.234. The maximum absolute atomic E-state index is 13.6. The van der Waals surface area contributed by atoms with Gasteiger partial charge in [-0.15, -0.1) is 0 Å². The second-order valence-corrected chi connectivity index (χ2v) is 4.26. The summed E-state index contributed by atoms with van der Waals surface area (Å²) in [6.07, 6.45) is -4.40. The van der Waals surface area contributed by atoms with Gasteiger partial charge in [0.1, 0.15) is 12.4 Å². The lowest BCUT2D eigenvalue weighted by molar-refractivity contribution is -0.384. The predicted molar refractivity (Wildman–Crippen MR) is 65.3 cm³/mol. The molecular weight excluding hydrogens is 296 g/mol. The third kappa shape index (κ3) is 4.69. The lowest BCUT2D eigenvalue weighted by Crippen LogP contribution is -2.39. The quantitative estimate of drug-likeness (QED) is 0.477. The van der Waals surface area contributed by atoms with Crippen LogP contribution in [0, 0.1) is 15.9 Å². The zero-order valence-corrected chi connectivity index (χ0v) is 11.0. The summed E-state index contributed by atoms with van der Waals surface area (Å²) >= 11 is 0. The van der Waals surface area contributed by atoms with Crippen LogP contribution in [0.15, 0.2) is 18.2 Å². The summed E-state index contributed by atoms with van der Waals surface area (Å²) in [6, 6.07) is 2.15. The fourth-order valence-electron chi connectivity index (χ4n) is 1.70. The molecule has 0 bridgehead atoms. The number of alkyl halides is 3. The number of amides is 1. The van der Waals surface area contributed by atoms with E-state index < -0.39 is 40.6 Å². The zero-order chi connectivity index (χ0) is 16.2. The topological polar surface area (TPSA) is 63.5 Å². The van der Waals surface area contributed by atoms with E-state index in [1.807, 2.05) is 0 Å². The first kappa shape index (κ1) is 16.9. The summed E-state index contributed by atoms with van der Waals surface area (Å²) in [7, 11) is 0. The van der Waals surface area contributed by atoms with E-state index in [4.69, 9.17) is 0 Å². The van der Waals surface area contributed by atoms with Gasteiger partial charge in [0.25, 0.3) is 11.6 Å². The van der Waals surface area contributed by atoms with Crippen molar-refractivity contribution in [3.05, 3.63) is 39.7 Å². The van der Waals surface area contributed by atoms with Crippen LogP contribution >= 0.6 is 0 Å². The molecule has 5 nitrogen and oxygen atoms in total. The highest BCUT2D eigenvalue weighted by Crippen LogP contribution is 2.22. The van der Waals surface area contributed by atoms with E-state index in [1.54, 1.807) is 6.92 Å². The molecule has 0 heterocycles. The fraction of sp³-hybridized carbons (Fsp3) is 0.417. The Morgan fingerprint density at radius 3 is 2.48 bits per heavy atom. The first-order valence-corrected chi connectivity index (χ1v) is 5.95. The smallest absolute Gasteiger partial charge is 0.329 e. The molecule has 1 aromatic rings. The summed E-state index contributed by atoms with van der Waals surface area (Å²) in [5.74, 6) is -2.33. The lowest BCUT2D eigenvalue weighted by Gasteiger charge is -2.23. The van der Waals surface area contributed by atoms with Crippen molar-refractivity contribution in [2.75, 3.05) is 13.1 Å². The number of hydrogen-bond donors (Lipinski definition) is 0. The lowest BCUT2D eigenvalue weighted by atomic mass is 10.1.